The molecule has 0 bridgehead atoms. The monoisotopic (exact) mass is 422 g/mol. The molecule has 0 aliphatic heterocycles. The van der Waals surface area contributed by atoms with E-state index in [0.29, 0.717) is 0 Å². The van der Waals surface area contributed by atoms with Crippen LogP contribution < -0.4 is 0 Å². The molecule has 1 aromatic carbocycles. The molecule has 120 valence electrons. The van der Waals surface area contributed by atoms with Crippen LogP contribution in [0.5, 0.6) is 0 Å². The van der Waals surface area contributed by atoms with Gasteiger partial charge in [-0.15, -0.1) is 6.42 Å². The normalized spacial score (nSPS) is 14.0. The molecule has 0 heterocycles. The summed E-state index contributed by atoms with van der Waals surface area (Å²) in [5.41, 5.74) is -0.222. The summed E-state index contributed by atoms with van der Waals surface area (Å²) in [4.78, 5) is 12.1. The smallest absolute Gasteiger partial charge is 0.330 e. The van der Waals surface area contributed by atoms with Gasteiger partial charge in [0.1, 0.15) is 6.61 Å². The topological polar surface area (TPSA) is 35.5 Å². The van der Waals surface area contributed by atoms with Gasteiger partial charge in [0.15, 0.2) is 0 Å². The molecular weight excluding hydrogens is 405 g/mol. The second-order valence-electron chi connectivity index (χ2n) is 4.99. The fourth-order valence-electron chi connectivity index (χ4n) is 1.94. The van der Waals surface area contributed by atoms with Gasteiger partial charge in [0.05, 0.1) is 12.5 Å². The molecule has 0 N–H and O–H groups in total. The predicted molar refractivity (Wildman–Crippen MR) is 87.7 cm³/mol. The van der Waals surface area contributed by atoms with Crippen molar-refractivity contribution in [1.82, 2.24) is 0 Å². The number of hydrogen-bond acceptors (Lipinski definition) is 3. The number of carbonyl (C=O) groups excluding carboxylic acids is 1. The van der Waals surface area contributed by atoms with Crippen LogP contribution in [0.2, 0.25) is 0 Å². The van der Waals surface area contributed by atoms with Crippen molar-refractivity contribution in [3.63, 3.8) is 0 Å². The Morgan fingerprint density at radius 2 is 2.14 bits per heavy atom. The Hall–Kier alpha value is -1.20. The van der Waals surface area contributed by atoms with E-state index in [2.05, 4.69) is 22.6 Å². The van der Waals surface area contributed by atoms with E-state index in [9.17, 15) is 13.6 Å². The maximum Gasteiger partial charge on any atom is 0.330 e. The molecule has 1 aromatic rings. The molecule has 0 aliphatic rings. The summed E-state index contributed by atoms with van der Waals surface area (Å²) in [5.74, 6) is -2.38. The van der Waals surface area contributed by atoms with E-state index < -0.39 is 23.9 Å². The van der Waals surface area contributed by atoms with Gasteiger partial charge in [-0.3, -0.25) is 4.79 Å². The number of carbonyl (C=O) groups is 1. The van der Waals surface area contributed by atoms with Crippen LogP contribution in [0.1, 0.15) is 18.9 Å². The lowest BCUT2D eigenvalue weighted by molar-refractivity contribution is -0.148. The lowest BCUT2D eigenvalue weighted by Crippen LogP contribution is -2.35. The summed E-state index contributed by atoms with van der Waals surface area (Å²) in [7, 11) is 1.29. The highest BCUT2D eigenvalue weighted by Crippen LogP contribution is 2.30. The SMILES string of the molecule is C#CC(F)(F)COCCC(C)(C(=O)OC)c1cccc(I)c1. The molecule has 0 aromatic heterocycles. The van der Waals surface area contributed by atoms with Crippen molar-refractivity contribution in [3.8, 4) is 12.3 Å². The Kier molecular flexibility index (Phi) is 6.75. The molecule has 1 atom stereocenters. The molecule has 0 fully saturated rings. The van der Waals surface area contributed by atoms with Crippen LogP contribution in [0, 0.1) is 15.9 Å². The Balaban J connectivity index is 2.82. The highest BCUT2D eigenvalue weighted by molar-refractivity contribution is 14.1. The molecule has 0 saturated heterocycles. The first-order chi connectivity index (χ1) is 10.2. The van der Waals surface area contributed by atoms with E-state index in [0.717, 1.165) is 9.13 Å². The minimum Gasteiger partial charge on any atom is -0.468 e. The molecule has 22 heavy (non-hydrogen) atoms. The second kappa shape index (κ2) is 7.88. The first-order valence-electron chi connectivity index (χ1n) is 6.53. The molecule has 3 nitrogen and oxygen atoms in total. The number of methoxy groups -OCH3 is 1. The minimum atomic E-state index is -3.30. The number of rotatable bonds is 7. The van der Waals surface area contributed by atoms with Gasteiger partial charge in [0, 0.05) is 10.2 Å². The highest BCUT2D eigenvalue weighted by Gasteiger charge is 2.36. The first kappa shape index (κ1) is 18.8. The van der Waals surface area contributed by atoms with Gasteiger partial charge < -0.3 is 9.47 Å². The molecule has 1 unspecified atom stereocenters. The molecule has 6 heteroatoms. The van der Waals surface area contributed by atoms with Gasteiger partial charge in [0.25, 0.3) is 0 Å². The third-order valence-electron chi connectivity index (χ3n) is 3.34. The summed E-state index contributed by atoms with van der Waals surface area (Å²) in [6, 6.07) is 7.38. The van der Waals surface area contributed by atoms with E-state index >= 15 is 0 Å². The van der Waals surface area contributed by atoms with Crippen LogP contribution in [0.3, 0.4) is 0 Å². The van der Waals surface area contributed by atoms with Crippen LogP contribution in [0.25, 0.3) is 0 Å². The van der Waals surface area contributed by atoms with Crippen LogP contribution >= 0.6 is 22.6 Å². The van der Waals surface area contributed by atoms with Crippen molar-refractivity contribution in [2.75, 3.05) is 20.3 Å². The number of alkyl halides is 2. The zero-order chi connectivity index (χ0) is 16.8. The van der Waals surface area contributed by atoms with E-state index in [1.54, 1.807) is 13.0 Å². The third-order valence-corrected chi connectivity index (χ3v) is 4.01. The van der Waals surface area contributed by atoms with Gasteiger partial charge in [-0.05, 0) is 59.6 Å². The Morgan fingerprint density at radius 1 is 1.45 bits per heavy atom. The number of halogens is 3. The Bertz CT molecular complexity index is 569. The van der Waals surface area contributed by atoms with Crippen molar-refractivity contribution in [2.24, 2.45) is 0 Å². The van der Waals surface area contributed by atoms with Crippen molar-refractivity contribution in [1.29, 1.82) is 0 Å². The predicted octanol–water partition coefficient (Wildman–Crippen LogP) is 3.40. The zero-order valence-corrected chi connectivity index (χ0v) is 14.5. The van der Waals surface area contributed by atoms with Crippen LogP contribution in [-0.2, 0) is 19.7 Å². The summed E-state index contributed by atoms with van der Waals surface area (Å²) in [6.45, 7) is 0.800. The van der Waals surface area contributed by atoms with E-state index in [4.69, 9.17) is 15.9 Å². The summed E-state index contributed by atoms with van der Waals surface area (Å²) < 4.78 is 36.6. The van der Waals surface area contributed by atoms with Crippen molar-refractivity contribution in [2.45, 2.75) is 24.7 Å². The number of hydrogen-bond donors (Lipinski definition) is 0. The number of ether oxygens (including phenoxy) is 2. The average molecular weight is 422 g/mol. The largest absolute Gasteiger partial charge is 0.468 e. The van der Waals surface area contributed by atoms with Crippen molar-refractivity contribution < 1.29 is 23.0 Å². The van der Waals surface area contributed by atoms with Gasteiger partial charge in [-0.2, -0.15) is 8.78 Å². The number of terminal acetylenes is 1. The van der Waals surface area contributed by atoms with Crippen molar-refractivity contribution in [3.05, 3.63) is 33.4 Å². The Morgan fingerprint density at radius 3 is 2.68 bits per heavy atom. The molecule has 0 saturated carbocycles. The molecule has 0 aliphatic carbocycles. The fourth-order valence-corrected chi connectivity index (χ4v) is 2.48. The maximum atomic E-state index is 12.9. The van der Waals surface area contributed by atoms with Gasteiger partial charge in [-0.25, -0.2) is 0 Å². The first-order valence-corrected chi connectivity index (χ1v) is 7.61. The maximum absolute atomic E-state index is 12.9. The molecule has 0 spiro atoms. The quantitative estimate of drug-likeness (QED) is 0.293. The fraction of sp³-hybridized carbons (Fsp3) is 0.438. The standard InChI is InChI=1S/C16H17F2IO3/c1-4-16(17,18)11-22-9-8-15(2,14(20)21-3)12-6-5-7-13(19)10-12/h1,5-7,10H,8-9,11H2,2-3H3. The van der Waals surface area contributed by atoms with E-state index in [1.807, 2.05) is 18.2 Å². The Labute approximate surface area is 142 Å². The van der Waals surface area contributed by atoms with Crippen LogP contribution in [0.15, 0.2) is 24.3 Å². The van der Waals surface area contributed by atoms with Crippen LogP contribution in [-0.4, -0.2) is 32.2 Å². The number of esters is 1. The molecular formula is C16H17F2IO3. The second-order valence-corrected chi connectivity index (χ2v) is 6.23. The molecule has 1 rings (SSSR count). The summed E-state index contributed by atoms with van der Waals surface area (Å²) in [6.07, 6.45) is 4.91. The number of benzene rings is 1. The van der Waals surface area contributed by atoms with Crippen molar-refractivity contribution >= 4 is 28.6 Å². The lowest BCUT2D eigenvalue weighted by atomic mass is 9.80. The highest BCUT2D eigenvalue weighted by atomic mass is 127. The molecule has 0 amide bonds. The van der Waals surface area contributed by atoms with E-state index in [-0.39, 0.29) is 13.0 Å². The van der Waals surface area contributed by atoms with Gasteiger partial charge >= 0.3 is 11.9 Å². The van der Waals surface area contributed by atoms with E-state index in [1.165, 1.54) is 13.0 Å². The summed E-state index contributed by atoms with van der Waals surface area (Å²) in [5, 5.41) is 0. The van der Waals surface area contributed by atoms with Gasteiger partial charge in [-0.1, -0.05) is 12.1 Å². The molecule has 0 radical (unpaired) electrons. The summed E-state index contributed by atoms with van der Waals surface area (Å²) >= 11 is 2.14. The minimum absolute atomic E-state index is 0.0334. The lowest BCUT2D eigenvalue weighted by Gasteiger charge is -2.27. The van der Waals surface area contributed by atoms with Gasteiger partial charge in [0.2, 0.25) is 0 Å². The van der Waals surface area contributed by atoms with Crippen LogP contribution in [0.4, 0.5) is 8.78 Å². The average Bonchev–Trinajstić information content (AvgIpc) is 2.50. The zero-order valence-electron chi connectivity index (χ0n) is 12.4. The third kappa shape index (κ3) is 4.92.